The predicted molar refractivity (Wildman–Crippen MR) is 83.7 cm³/mol. The highest BCUT2D eigenvalue weighted by Crippen LogP contribution is 2.26. The molecule has 2 saturated heterocycles. The number of halogens is 3. The van der Waals surface area contributed by atoms with Crippen LogP contribution in [0.4, 0.5) is 13.2 Å². The molecule has 2 heterocycles. The number of carbonyl (C=O) groups excluding carboxylic acids is 1. The zero-order valence-corrected chi connectivity index (χ0v) is 14.6. The summed E-state index contributed by atoms with van der Waals surface area (Å²) in [6.07, 6.45) is -0.667. The van der Waals surface area contributed by atoms with Crippen molar-refractivity contribution >= 4 is 15.9 Å². The number of hydrogen-bond acceptors (Lipinski definition) is 7. The largest absolute Gasteiger partial charge is 0.516 e. The normalized spacial score (nSPS) is 21.4. The van der Waals surface area contributed by atoms with E-state index in [2.05, 4.69) is 0 Å². The van der Waals surface area contributed by atoms with Gasteiger partial charge < -0.3 is 18.9 Å². The van der Waals surface area contributed by atoms with E-state index in [1.54, 1.807) is 6.07 Å². The average molecular weight is 411 g/mol. The molecule has 150 valence electrons. The first-order valence-electron chi connectivity index (χ1n) is 7.87. The molecule has 8 nitrogen and oxygen atoms in total. The van der Waals surface area contributed by atoms with Crippen molar-refractivity contribution in [1.29, 1.82) is 0 Å². The quantitative estimate of drug-likeness (QED) is 0.598. The SMILES string of the molecule is O=C(Cc1cc(OCC2CO2)cc(OCC2CO2)c1)NS(=O)(=O)C(F)(F)F. The van der Waals surface area contributed by atoms with Crippen molar-refractivity contribution in [3.8, 4) is 11.5 Å². The molecule has 2 fully saturated rings. The summed E-state index contributed by atoms with van der Waals surface area (Å²) < 4.78 is 81.2. The van der Waals surface area contributed by atoms with Crippen LogP contribution in [0.3, 0.4) is 0 Å². The van der Waals surface area contributed by atoms with Gasteiger partial charge in [-0.05, 0) is 17.7 Å². The van der Waals surface area contributed by atoms with Gasteiger partial charge in [0.25, 0.3) is 0 Å². The maximum Gasteiger partial charge on any atom is 0.516 e. The van der Waals surface area contributed by atoms with Crippen LogP contribution in [0, 0.1) is 0 Å². The minimum atomic E-state index is -5.76. The van der Waals surface area contributed by atoms with Gasteiger partial charge in [-0.25, -0.2) is 4.72 Å². The Morgan fingerprint density at radius 3 is 1.96 bits per heavy atom. The van der Waals surface area contributed by atoms with E-state index < -0.39 is 27.9 Å². The summed E-state index contributed by atoms with van der Waals surface area (Å²) in [5.74, 6) is -0.686. The smallest absolute Gasteiger partial charge is 0.491 e. The third kappa shape index (κ3) is 5.97. The van der Waals surface area contributed by atoms with E-state index in [0.29, 0.717) is 24.7 Å². The summed E-state index contributed by atoms with van der Waals surface area (Å²) in [6.45, 7) is 1.67. The van der Waals surface area contributed by atoms with E-state index in [1.165, 1.54) is 12.1 Å². The third-order valence-electron chi connectivity index (χ3n) is 3.53. The second kappa shape index (κ2) is 7.52. The Balaban J connectivity index is 1.68. The number of benzene rings is 1. The van der Waals surface area contributed by atoms with Crippen molar-refractivity contribution in [2.24, 2.45) is 0 Å². The third-order valence-corrected chi connectivity index (χ3v) is 4.64. The summed E-state index contributed by atoms with van der Waals surface area (Å²) in [4.78, 5) is 11.7. The molecule has 2 unspecified atom stereocenters. The molecule has 27 heavy (non-hydrogen) atoms. The number of ether oxygens (including phenoxy) is 4. The number of epoxide rings is 2. The van der Waals surface area contributed by atoms with Gasteiger partial charge in [-0.1, -0.05) is 0 Å². The van der Waals surface area contributed by atoms with Crippen LogP contribution in [-0.2, 0) is 30.7 Å². The molecule has 0 aromatic heterocycles. The van der Waals surface area contributed by atoms with Gasteiger partial charge in [0.2, 0.25) is 5.91 Å². The zero-order valence-electron chi connectivity index (χ0n) is 13.8. The fourth-order valence-corrected chi connectivity index (χ4v) is 2.52. The molecule has 0 radical (unpaired) electrons. The Morgan fingerprint density at radius 1 is 1.07 bits per heavy atom. The molecule has 0 bridgehead atoms. The highest BCUT2D eigenvalue weighted by molar-refractivity contribution is 7.90. The van der Waals surface area contributed by atoms with Crippen molar-refractivity contribution in [3.63, 3.8) is 0 Å². The van der Waals surface area contributed by atoms with Crippen LogP contribution >= 0.6 is 0 Å². The molecule has 0 aliphatic carbocycles. The van der Waals surface area contributed by atoms with E-state index in [4.69, 9.17) is 18.9 Å². The summed E-state index contributed by atoms with van der Waals surface area (Å²) >= 11 is 0. The van der Waals surface area contributed by atoms with Gasteiger partial charge in [0.1, 0.15) is 36.9 Å². The Bertz CT molecular complexity index is 770. The number of rotatable bonds is 9. The molecule has 0 saturated carbocycles. The molecule has 2 aliphatic heterocycles. The number of amides is 1. The predicted octanol–water partition coefficient (Wildman–Crippen LogP) is 0.750. The van der Waals surface area contributed by atoms with Gasteiger partial charge in [0.15, 0.2) is 0 Å². The summed E-state index contributed by atoms with van der Waals surface area (Å²) in [6, 6.07) is 4.39. The summed E-state index contributed by atoms with van der Waals surface area (Å²) in [5, 5.41) is 0. The molecule has 1 aromatic carbocycles. The highest BCUT2D eigenvalue weighted by atomic mass is 32.2. The van der Waals surface area contributed by atoms with Gasteiger partial charge in [-0.3, -0.25) is 4.79 Å². The molecule has 0 spiro atoms. The van der Waals surface area contributed by atoms with Crippen molar-refractivity contribution in [3.05, 3.63) is 23.8 Å². The minimum absolute atomic E-state index is 0.0295. The average Bonchev–Trinajstić information content (AvgIpc) is 3.44. The fourth-order valence-electron chi connectivity index (χ4n) is 2.04. The first-order valence-corrected chi connectivity index (χ1v) is 9.35. The lowest BCUT2D eigenvalue weighted by Gasteiger charge is -2.12. The molecule has 1 N–H and O–H groups in total. The number of hydrogen-bond donors (Lipinski definition) is 1. The molecule has 2 atom stereocenters. The second-order valence-corrected chi connectivity index (χ2v) is 7.67. The molecular formula is C15H16F3NO7S. The van der Waals surface area contributed by atoms with Gasteiger partial charge in [-0.2, -0.15) is 21.6 Å². The monoisotopic (exact) mass is 411 g/mol. The van der Waals surface area contributed by atoms with Crippen LogP contribution in [0.2, 0.25) is 0 Å². The lowest BCUT2D eigenvalue weighted by molar-refractivity contribution is -0.119. The van der Waals surface area contributed by atoms with E-state index in [0.717, 1.165) is 4.72 Å². The van der Waals surface area contributed by atoms with Crippen LogP contribution < -0.4 is 14.2 Å². The van der Waals surface area contributed by atoms with Crippen LogP contribution in [0.1, 0.15) is 5.56 Å². The highest BCUT2D eigenvalue weighted by Gasteiger charge is 2.46. The van der Waals surface area contributed by atoms with Crippen LogP contribution in [-0.4, -0.2) is 58.5 Å². The molecule has 12 heteroatoms. The van der Waals surface area contributed by atoms with Crippen molar-refractivity contribution in [2.45, 2.75) is 24.1 Å². The topological polar surface area (TPSA) is 107 Å². The van der Waals surface area contributed by atoms with Crippen LogP contribution in [0.5, 0.6) is 11.5 Å². The lowest BCUT2D eigenvalue weighted by Crippen LogP contribution is -2.40. The number of sulfonamides is 1. The Morgan fingerprint density at radius 2 is 1.56 bits per heavy atom. The van der Waals surface area contributed by atoms with E-state index >= 15 is 0 Å². The first-order chi connectivity index (χ1) is 12.6. The Kier molecular flexibility index (Phi) is 5.49. The molecule has 1 aromatic rings. The number of carbonyl (C=O) groups is 1. The maximum absolute atomic E-state index is 12.4. The van der Waals surface area contributed by atoms with E-state index in [-0.39, 0.29) is 31.0 Å². The maximum atomic E-state index is 12.4. The van der Waals surface area contributed by atoms with E-state index in [9.17, 15) is 26.4 Å². The number of alkyl halides is 3. The van der Waals surface area contributed by atoms with Gasteiger partial charge in [-0.15, -0.1) is 0 Å². The Hall–Kier alpha value is -2.05. The first kappa shape index (κ1) is 19.7. The van der Waals surface area contributed by atoms with Crippen molar-refractivity contribution in [1.82, 2.24) is 4.72 Å². The van der Waals surface area contributed by atoms with Crippen molar-refractivity contribution in [2.75, 3.05) is 26.4 Å². The number of nitrogens with one attached hydrogen (secondary N) is 1. The van der Waals surface area contributed by atoms with Gasteiger partial charge in [0, 0.05) is 6.07 Å². The van der Waals surface area contributed by atoms with Crippen molar-refractivity contribution < 1.29 is 45.3 Å². The molecular weight excluding hydrogens is 395 g/mol. The second-order valence-electron chi connectivity index (χ2n) is 6.00. The summed E-state index contributed by atoms with van der Waals surface area (Å²) in [7, 11) is -5.76. The van der Waals surface area contributed by atoms with Crippen LogP contribution in [0.15, 0.2) is 18.2 Å². The molecule has 3 rings (SSSR count). The van der Waals surface area contributed by atoms with Crippen LogP contribution in [0.25, 0.3) is 0 Å². The minimum Gasteiger partial charge on any atom is -0.491 e. The van der Waals surface area contributed by atoms with Gasteiger partial charge in [0.05, 0.1) is 19.6 Å². The zero-order chi connectivity index (χ0) is 19.7. The molecule has 2 aliphatic rings. The van der Waals surface area contributed by atoms with Gasteiger partial charge >= 0.3 is 15.5 Å². The molecule has 1 amide bonds. The standard InChI is InChI=1S/C15H16F3NO7S/c16-15(17,18)27(21,22)19-14(20)3-9-1-10(23-5-12-7-25-12)4-11(2-9)24-6-13-8-26-13/h1-2,4,12-13H,3,5-8H2,(H,19,20). The Labute approximate surface area is 152 Å². The summed E-state index contributed by atoms with van der Waals surface area (Å²) in [5.41, 5.74) is -5.35. The lowest BCUT2D eigenvalue weighted by atomic mass is 10.1. The fraction of sp³-hybridized carbons (Fsp3) is 0.533. The van der Waals surface area contributed by atoms with E-state index in [1.807, 2.05) is 0 Å².